The molecule has 0 aliphatic heterocycles. The Kier molecular flexibility index (Phi) is 5.87. The second-order valence-electron chi connectivity index (χ2n) is 12.2. The molecular formula is C26H38O5S. The smallest absolute Gasteiger partial charge is 0.194 e. The summed E-state index contributed by atoms with van der Waals surface area (Å²) in [5.41, 5.74) is -1.74. The molecule has 7 atom stereocenters. The number of hydrogen-bond donors (Lipinski definition) is 2. The first-order valence-corrected chi connectivity index (χ1v) is 13.1. The monoisotopic (exact) mass is 462 g/mol. The molecule has 0 aromatic heterocycles. The first-order chi connectivity index (χ1) is 14.7. The Morgan fingerprint density at radius 1 is 1.16 bits per heavy atom. The largest absolute Gasteiger partial charge is 0.393 e. The molecule has 32 heavy (non-hydrogen) atoms. The topological polar surface area (TPSA) is 91.7 Å². The maximum Gasteiger partial charge on any atom is 0.194 e. The molecule has 3 saturated carbocycles. The summed E-state index contributed by atoms with van der Waals surface area (Å²) < 4.78 is 0. The molecule has 3 fully saturated rings. The average Bonchev–Trinajstić information content (AvgIpc) is 2.97. The van der Waals surface area contributed by atoms with E-state index < -0.39 is 22.5 Å². The molecule has 0 spiro atoms. The summed E-state index contributed by atoms with van der Waals surface area (Å²) >= 11 is 1.00. The Labute approximate surface area is 195 Å². The number of ketones is 2. The third kappa shape index (κ3) is 3.47. The number of thioether (sulfide) groups is 1. The van der Waals surface area contributed by atoms with Crippen molar-refractivity contribution in [1.82, 2.24) is 0 Å². The zero-order valence-electron chi connectivity index (χ0n) is 20.1. The summed E-state index contributed by atoms with van der Waals surface area (Å²) in [6.07, 6.45) is 5.78. The predicted octanol–water partition coefficient (Wildman–Crippen LogP) is 4.10. The van der Waals surface area contributed by atoms with Crippen LogP contribution in [0.15, 0.2) is 11.6 Å². The van der Waals surface area contributed by atoms with Gasteiger partial charge in [-0.05, 0) is 67.8 Å². The lowest BCUT2D eigenvalue weighted by atomic mass is 9.45. The van der Waals surface area contributed by atoms with Crippen LogP contribution < -0.4 is 0 Å². The third-order valence-corrected chi connectivity index (χ3v) is 10.7. The van der Waals surface area contributed by atoms with E-state index in [1.165, 1.54) is 5.57 Å². The molecule has 4 aliphatic carbocycles. The minimum atomic E-state index is -1.51. The van der Waals surface area contributed by atoms with Crippen LogP contribution in [-0.2, 0) is 14.4 Å². The zero-order chi connectivity index (χ0) is 23.7. The van der Waals surface area contributed by atoms with Gasteiger partial charge in [-0.1, -0.05) is 52.0 Å². The lowest BCUT2D eigenvalue weighted by Gasteiger charge is -2.60. The minimum Gasteiger partial charge on any atom is -0.393 e. The maximum atomic E-state index is 13.3. The van der Waals surface area contributed by atoms with Crippen LogP contribution in [0, 0.1) is 34.0 Å². The van der Waals surface area contributed by atoms with Gasteiger partial charge in [0.2, 0.25) is 0 Å². The number of fused-ring (bicyclic) bond motifs is 5. The number of allylic oxidation sites excluding steroid dienone is 1. The molecule has 0 aromatic carbocycles. The van der Waals surface area contributed by atoms with Gasteiger partial charge in [0.15, 0.2) is 16.7 Å². The van der Waals surface area contributed by atoms with Gasteiger partial charge in [-0.2, -0.15) is 0 Å². The first kappa shape index (κ1) is 24.2. The highest BCUT2D eigenvalue weighted by atomic mass is 32.2. The number of carbonyl (C=O) groups excluding carboxylic acids is 3. The number of hydrogen-bond acceptors (Lipinski definition) is 6. The highest BCUT2D eigenvalue weighted by Gasteiger charge is 2.68. The SMILES string of the molecule is CC(C)(C)C(=O)SCC(=O)[C@@]1(O)CC[C@@H]2[C@@H]3CCC4=CC(=O)CC[C@]4(C)[C@@H]3[C@@H](O)C[C@]21C. The maximum absolute atomic E-state index is 13.3. The van der Waals surface area contributed by atoms with Crippen LogP contribution in [0.4, 0.5) is 0 Å². The van der Waals surface area contributed by atoms with Crippen LogP contribution in [0.5, 0.6) is 0 Å². The molecular weight excluding hydrogens is 424 g/mol. The van der Waals surface area contributed by atoms with Crippen molar-refractivity contribution in [2.45, 2.75) is 91.3 Å². The van der Waals surface area contributed by atoms with Crippen LogP contribution >= 0.6 is 11.8 Å². The van der Waals surface area contributed by atoms with E-state index in [1.807, 2.05) is 33.8 Å². The Balaban J connectivity index is 1.59. The standard InChI is InChI=1S/C26H38O5S/c1-23(2,3)22(30)32-14-20(29)26(31)11-9-18-17-7-6-15-12-16(27)8-10-24(15,4)21(17)19(28)13-25(18,26)5/h12,17-19,21,28,31H,6-11,13-14H2,1-5H3/t17-,18+,19-,21-,24-,25+,26-/m0/s1. The van der Waals surface area contributed by atoms with E-state index in [2.05, 4.69) is 6.92 Å². The van der Waals surface area contributed by atoms with Crippen molar-refractivity contribution in [3.63, 3.8) is 0 Å². The summed E-state index contributed by atoms with van der Waals surface area (Å²) in [5, 5.41) is 23.1. The molecule has 0 unspecified atom stereocenters. The third-order valence-electron chi connectivity index (χ3n) is 9.46. The van der Waals surface area contributed by atoms with Crippen LogP contribution in [0.2, 0.25) is 0 Å². The minimum absolute atomic E-state index is 0.0220. The first-order valence-electron chi connectivity index (χ1n) is 12.1. The fourth-order valence-electron chi connectivity index (χ4n) is 7.62. The van der Waals surface area contributed by atoms with Gasteiger partial charge in [-0.15, -0.1) is 0 Å². The fourth-order valence-corrected chi connectivity index (χ4v) is 8.55. The van der Waals surface area contributed by atoms with Gasteiger partial charge in [0.25, 0.3) is 0 Å². The van der Waals surface area contributed by atoms with Crippen molar-refractivity contribution >= 4 is 28.4 Å². The summed E-state index contributed by atoms with van der Waals surface area (Å²) in [6, 6.07) is 0. The Morgan fingerprint density at radius 3 is 2.50 bits per heavy atom. The van der Waals surface area contributed by atoms with E-state index in [0.29, 0.717) is 19.3 Å². The van der Waals surface area contributed by atoms with E-state index in [-0.39, 0.29) is 45.6 Å². The van der Waals surface area contributed by atoms with Crippen LogP contribution in [-0.4, -0.2) is 44.4 Å². The zero-order valence-corrected chi connectivity index (χ0v) is 20.9. The Morgan fingerprint density at radius 2 is 1.84 bits per heavy atom. The fraction of sp³-hybridized carbons (Fsp3) is 0.808. The molecule has 0 heterocycles. The van der Waals surface area contributed by atoms with Crippen molar-refractivity contribution < 1.29 is 24.6 Å². The molecule has 178 valence electrons. The number of aliphatic hydroxyl groups is 2. The summed E-state index contributed by atoms with van der Waals surface area (Å²) in [6.45, 7) is 9.68. The molecule has 5 nitrogen and oxygen atoms in total. The van der Waals surface area contributed by atoms with E-state index in [9.17, 15) is 24.6 Å². The predicted molar refractivity (Wildman–Crippen MR) is 125 cm³/mol. The molecule has 4 rings (SSSR count). The van der Waals surface area contributed by atoms with E-state index in [4.69, 9.17) is 0 Å². The second kappa shape index (κ2) is 7.78. The van der Waals surface area contributed by atoms with Gasteiger partial charge in [0.05, 0.1) is 11.9 Å². The number of Topliss-reactive ketones (excluding diaryl/α,β-unsaturated/α-hetero) is 1. The quantitative estimate of drug-likeness (QED) is 0.656. The molecule has 0 saturated heterocycles. The molecule has 4 aliphatic rings. The van der Waals surface area contributed by atoms with Crippen LogP contribution in [0.3, 0.4) is 0 Å². The van der Waals surface area contributed by atoms with Crippen molar-refractivity contribution in [2.24, 2.45) is 34.0 Å². The van der Waals surface area contributed by atoms with Gasteiger partial charge in [0, 0.05) is 17.3 Å². The molecule has 0 bridgehead atoms. The van der Waals surface area contributed by atoms with Gasteiger partial charge in [-0.25, -0.2) is 0 Å². The van der Waals surface area contributed by atoms with Crippen molar-refractivity contribution in [2.75, 3.05) is 5.75 Å². The summed E-state index contributed by atoms with van der Waals surface area (Å²) in [7, 11) is 0. The van der Waals surface area contributed by atoms with Crippen molar-refractivity contribution in [1.29, 1.82) is 0 Å². The highest BCUT2D eigenvalue weighted by molar-refractivity contribution is 8.14. The van der Waals surface area contributed by atoms with Crippen LogP contribution in [0.25, 0.3) is 0 Å². The van der Waals surface area contributed by atoms with E-state index in [0.717, 1.165) is 37.4 Å². The van der Waals surface area contributed by atoms with Gasteiger partial charge in [0.1, 0.15) is 5.60 Å². The molecule has 0 amide bonds. The molecule has 6 heteroatoms. The van der Waals surface area contributed by atoms with E-state index >= 15 is 0 Å². The van der Waals surface area contributed by atoms with Crippen molar-refractivity contribution in [3.05, 3.63) is 11.6 Å². The number of rotatable bonds is 3. The van der Waals surface area contributed by atoms with Gasteiger partial charge < -0.3 is 10.2 Å². The lowest BCUT2D eigenvalue weighted by Crippen LogP contribution is -2.62. The van der Waals surface area contributed by atoms with E-state index in [1.54, 1.807) is 0 Å². The summed E-state index contributed by atoms with van der Waals surface area (Å²) in [4.78, 5) is 37.7. The normalized spacial score (nSPS) is 43.7. The highest BCUT2D eigenvalue weighted by Crippen LogP contribution is 2.67. The average molecular weight is 463 g/mol. The van der Waals surface area contributed by atoms with Gasteiger partial charge in [-0.3, -0.25) is 14.4 Å². The lowest BCUT2D eigenvalue weighted by molar-refractivity contribution is -0.178. The van der Waals surface area contributed by atoms with Crippen molar-refractivity contribution in [3.8, 4) is 0 Å². The Hall–Kier alpha value is -0.980. The molecule has 2 N–H and O–H groups in total. The summed E-state index contributed by atoms with van der Waals surface area (Å²) in [5.74, 6) is 0.332. The number of carbonyl (C=O) groups is 3. The Bertz CT molecular complexity index is 872. The van der Waals surface area contributed by atoms with Gasteiger partial charge >= 0.3 is 0 Å². The number of aliphatic hydroxyl groups excluding tert-OH is 1. The molecule has 0 radical (unpaired) electrons. The second-order valence-corrected chi connectivity index (χ2v) is 13.2. The van der Waals surface area contributed by atoms with Crippen LogP contribution in [0.1, 0.15) is 79.6 Å². The molecule has 0 aromatic rings.